The lowest BCUT2D eigenvalue weighted by molar-refractivity contribution is -0.121. The Balaban J connectivity index is 1.21. The first kappa shape index (κ1) is 16.4. The number of nitrogens with one attached hydrogen (secondary N) is 1. The smallest absolute Gasteiger partial charge is 0.227 e. The van der Waals surface area contributed by atoms with Crippen LogP contribution in [0.15, 0.2) is 59.3 Å². The molecule has 132 valence electrons. The molecule has 2 aromatic heterocycles. The zero-order valence-electron chi connectivity index (χ0n) is 14.3. The molecule has 6 nitrogen and oxygen atoms in total. The summed E-state index contributed by atoms with van der Waals surface area (Å²) in [6.07, 6.45) is 3.59. The number of rotatable bonds is 7. The van der Waals surface area contributed by atoms with E-state index in [1.807, 2.05) is 24.3 Å². The average molecular weight is 348 g/mol. The third-order valence-electron chi connectivity index (χ3n) is 4.64. The fourth-order valence-corrected chi connectivity index (χ4v) is 3.09. The maximum Gasteiger partial charge on any atom is 0.227 e. The van der Waals surface area contributed by atoms with Gasteiger partial charge in [-0.3, -0.25) is 9.78 Å². The number of amides is 1. The Morgan fingerprint density at radius 2 is 2.00 bits per heavy atom. The summed E-state index contributed by atoms with van der Waals surface area (Å²) in [6, 6.07) is 16.0. The van der Waals surface area contributed by atoms with Gasteiger partial charge in [0.15, 0.2) is 0 Å². The Hall–Kier alpha value is -3.02. The molecule has 2 atom stereocenters. The van der Waals surface area contributed by atoms with Crippen LogP contribution in [0.3, 0.4) is 0 Å². The molecular formula is C20H20N4O2. The van der Waals surface area contributed by atoms with Crippen molar-refractivity contribution < 1.29 is 9.32 Å². The van der Waals surface area contributed by atoms with Crippen molar-refractivity contribution in [2.24, 2.45) is 5.92 Å². The minimum atomic E-state index is 0.0151. The second kappa shape index (κ2) is 7.47. The predicted molar refractivity (Wildman–Crippen MR) is 96.1 cm³/mol. The van der Waals surface area contributed by atoms with Crippen molar-refractivity contribution in [2.45, 2.75) is 25.2 Å². The number of nitrogens with zero attached hydrogens (tertiary/aromatic N) is 3. The van der Waals surface area contributed by atoms with Crippen molar-refractivity contribution in [1.82, 2.24) is 20.4 Å². The van der Waals surface area contributed by atoms with Gasteiger partial charge in [-0.05, 0) is 36.0 Å². The Labute approximate surface area is 151 Å². The summed E-state index contributed by atoms with van der Waals surface area (Å²) in [6.45, 7) is 0.724. The standard InChI is InChI=1S/C20H20N4O2/c25-18(22-13-15-12-16(15)14-6-2-1-3-7-14)9-10-19-23-20(24-26-19)17-8-4-5-11-21-17/h1-8,11,15-16H,9-10,12-13H2,(H,22,25)/t15-,16+/m1/s1. The van der Waals surface area contributed by atoms with Gasteiger partial charge in [-0.15, -0.1) is 0 Å². The van der Waals surface area contributed by atoms with E-state index in [0.29, 0.717) is 42.1 Å². The fourth-order valence-electron chi connectivity index (χ4n) is 3.09. The van der Waals surface area contributed by atoms with Crippen molar-refractivity contribution in [3.63, 3.8) is 0 Å². The molecule has 0 aliphatic heterocycles. The van der Waals surface area contributed by atoms with Crippen LogP contribution in [0.25, 0.3) is 11.5 Å². The van der Waals surface area contributed by atoms with Crippen molar-refractivity contribution in [3.8, 4) is 11.5 Å². The monoisotopic (exact) mass is 348 g/mol. The van der Waals surface area contributed by atoms with Gasteiger partial charge in [-0.25, -0.2) is 0 Å². The number of hydrogen-bond donors (Lipinski definition) is 1. The van der Waals surface area contributed by atoms with E-state index in [4.69, 9.17) is 4.52 Å². The first-order valence-corrected chi connectivity index (χ1v) is 8.85. The van der Waals surface area contributed by atoms with E-state index in [2.05, 4.69) is 44.7 Å². The van der Waals surface area contributed by atoms with Gasteiger partial charge < -0.3 is 9.84 Å². The predicted octanol–water partition coefficient (Wildman–Crippen LogP) is 2.98. The van der Waals surface area contributed by atoms with Gasteiger partial charge in [0.25, 0.3) is 0 Å². The topological polar surface area (TPSA) is 80.9 Å². The van der Waals surface area contributed by atoms with Crippen molar-refractivity contribution in [3.05, 3.63) is 66.2 Å². The minimum Gasteiger partial charge on any atom is -0.356 e. The SMILES string of the molecule is O=C(CCc1nc(-c2ccccn2)no1)NC[C@H]1C[C@H]1c1ccccc1. The third kappa shape index (κ3) is 3.96. The largest absolute Gasteiger partial charge is 0.356 e. The summed E-state index contributed by atoms with van der Waals surface area (Å²) < 4.78 is 5.20. The van der Waals surface area contributed by atoms with Gasteiger partial charge in [-0.1, -0.05) is 41.6 Å². The zero-order chi connectivity index (χ0) is 17.8. The van der Waals surface area contributed by atoms with Gasteiger partial charge in [0.05, 0.1) is 0 Å². The lowest BCUT2D eigenvalue weighted by Crippen LogP contribution is -2.26. The Morgan fingerprint density at radius 3 is 2.81 bits per heavy atom. The van der Waals surface area contributed by atoms with E-state index >= 15 is 0 Å². The fraction of sp³-hybridized carbons (Fsp3) is 0.300. The van der Waals surface area contributed by atoms with Crippen LogP contribution >= 0.6 is 0 Å². The van der Waals surface area contributed by atoms with E-state index in [1.165, 1.54) is 5.56 Å². The van der Waals surface area contributed by atoms with Crippen LogP contribution in [-0.2, 0) is 11.2 Å². The van der Waals surface area contributed by atoms with Crippen molar-refractivity contribution in [2.75, 3.05) is 6.54 Å². The number of aromatic nitrogens is 3. The van der Waals surface area contributed by atoms with Gasteiger partial charge in [0.1, 0.15) is 5.69 Å². The molecule has 1 amide bonds. The molecule has 1 N–H and O–H groups in total. The molecule has 1 fully saturated rings. The van der Waals surface area contributed by atoms with Crippen LogP contribution < -0.4 is 5.32 Å². The summed E-state index contributed by atoms with van der Waals surface area (Å²) in [5.74, 6) is 2.04. The highest BCUT2D eigenvalue weighted by Gasteiger charge is 2.37. The number of aryl methyl sites for hydroxylation is 1. The molecule has 0 radical (unpaired) electrons. The van der Waals surface area contributed by atoms with E-state index in [0.717, 1.165) is 13.0 Å². The molecule has 0 unspecified atom stereocenters. The molecule has 1 saturated carbocycles. The number of pyridine rings is 1. The lowest BCUT2D eigenvalue weighted by atomic mass is 10.1. The van der Waals surface area contributed by atoms with E-state index in [-0.39, 0.29) is 5.91 Å². The number of carbonyl (C=O) groups is 1. The average Bonchev–Trinajstić information content (AvgIpc) is 3.33. The maximum atomic E-state index is 12.1. The zero-order valence-corrected chi connectivity index (χ0v) is 14.3. The maximum absolute atomic E-state index is 12.1. The quantitative estimate of drug-likeness (QED) is 0.710. The Morgan fingerprint density at radius 1 is 1.15 bits per heavy atom. The second-order valence-electron chi connectivity index (χ2n) is 6.54. The molecule has 4 rings (SSSR count). The Kier molecular flexibility index (Phi) is 4.73. The second-order valence-corrected chi connectivity index (χ2v) is 6.54. The van der Waals surface area contributed by atoms with Crippen LogP contribution in [0.1, 0.15) is 30.2 Å². The molecule has 0 bridgehead atoms. The number of benzene rings is 1. The highest BCUT2D eigenvalue weighted by Crippen LogP contribution is 2.46. The van der Waals surface area contributed by atoms with Gasteiger partial charge in [0, 0.05) is 25.6 Å². The van der Waals surface area contributed by atoms with Crippen LogP contribution in [-0.4, -0.2) is 27.6 Å². The molecule has 1 aliphatic carbocycles. The molecular weight excluding hydrogens is 328 g/mol. The first-order chi connectivity index (χ1) is 12.8. The highest BCUT2D eigenvalue weighted by molar-refractivity contribution is 5.76. The summed E-state index contributed by atoms with van der Waals surface area (Å²) >= 11 is 0. The highest BCUT2D eigenvalue weighted by atomic mass is 16.5. The van der Waals surface area contributed by atoms with Crippen molar-refractivity contribution in [1.29, 1.82) is 0 Å². The molecule has 2 heterocycles. The molecule has 6 heteroatoms. The normalized spacial score (nSPS) is 18.5. The Bertz CT molecular complexity index is 864. The van der Waals surface area contributed by atoms with Crippen molar-refractivity contribution >= 4 is 5.91 Å². The van der Waals surface area contributed by atoms with E-state index in [9.17, 15) is 4.79 Å². The number of carbonyl (C=O) groups excluding carboxylic acids is 1. The third-order valence-corrected chi connectivity index (χ3v) is 4.64. The lowest BCUT2D eigenvalue weighted by Gasteiger charge is -2.04. The summed E-state index contributed by atoms with van der Waals surface area (Å²) in [7, 11) is 0. The molecule has 0 saturated heterocycles. The van der Waals surface area contributed by atoms with Crippen LogP contribution in [0.2, 0.25) is 0 Å². The van der Waals surface area contributed by atoms with Gasteiger partial charge >= 0.3 is 0 Å². The molecule has 1 aliphatic rings. The first-order valence-electron chi connectivity index (χ1n) is 8.85. The van der Waals surface area contributed by atoms with Crippen LogP contribution in [0.4, 0.5) is 0 Å². The minimum absolute atomic E-state index is 0.0151. The molecule has 3 aromatic rings. The summed E-state index contributed by atoms with van der Waals surface area (Å²) in [5, 5.41) is 6.92. The van der Waals surface area contributed by atoms with Gasteiger partial charge in [-0.2, -0.15) is 4.98 Å². The van der Waals surface area contributed by atoms with E-state index < -0.39 is 0 Å². The van der Waals surface area contributed by atoms with Crippen LogP contribution in [0.5, 0.6) is 0 Å². The number of hydrogen-bond acceptors (Lipinski definition) is 5. The van der Waals surface area contributed by atoms with E-state index in [1.54, 1.807) is 6.20 Å². The molecule has 0 spiro atoms. The molecule has 1 aromatic carbocycles. The molecule has 26 heavy (non-hydrogen) atoms. The van der Waals surface area contributed by atoms with Crippen LogP contribution in [0, 0.1) is 5.92 Å². The summed E-state index contributed by atoms with van der Waals surface area (Å²) in [4.78, 5) is 20.5. The van der Waals surface area contributed by atoms with Gasteiger partial charge in [0.2, 0.25) is 17.6 Å². The summed E-state index contributed by atoms with van der Waals surface area (Å²) in [5.41, 5.74) is 2.02.